The van der Waals surface area contributed by atoms with Crippen LogP contribution < -0.4 is 44.4 Å². The van der Waals surface area contributed by atoms with Crippen LogP contribution in [0, 0.1) is 11.8 Å². The van der Waals surface area contributed by atoms with Gasteiger partial charge in [-0.05, 0) is 156 Å². The van der Waals surface area contributed by atoms with Crippen LogP contribution in [0.2, 0.25) is 0 Å². The SMILES string of the molecule is COc1cc(C(=O)C(=O)N2CCCC(C(=O)NC(CCCc3ccccc3)CCCc3ccccc3)C2)cc(OC)c1OC.COc1cc(C(=O)C(=O)O)cc(OC)c1OC.O=C(NC(CCCc1ccccc1)CCCc1ccccc1)C1CCCNC1. The molecule has 2 aliphatic rings. The lowest BCUT2D eigenvalue weighted by atomic mass is 9.94. The third-order valence-electron chi connectivity index (χ3n) is 16.1. The average Bonchev–Trinajstić information content (AvgIpc) is 3.77. The summed E-state index contributed by atoms with van der Waals surface area (Å²) in [4.78, 5) is 76.3. The lowest BCUT2D eigenvalue weighted by molar-refractivity contribution is -0.133. The van der Waals surface area contributed by atoms with Gasteiger partial charge in [0.05, 0.1) is 54.5 Å². The molecule has 6 aromatic rings. The first kappa shape index (κ1) is 69.4. The quantitative estimate of drug-likeness (QED) is 0.0244. The Bertz CT molecular complexity index is 3000. The van der Waals surface area contributed by atoms with Gasteiger partial charge in [0.1, 0.15) is 0 Å². The van der Waals surface area contributed by atoms with Crippen molar-refractivity contribution in [1.82, 2.24) is 20.9 Å². The van der Waals surface area contributed by atoms with Crippen LogP contribution in [0.4, 0.5) is 0 Å². The number of piperidine rings is 2. The molecule has 8 rings (SSSR count). The zero-order chi connectivity index (χ0) is 63.8. The number of ether oxygens (including phenoxy) is 6. The number of hydrogen-bond donors (Lipinski definition) is 4. The van der Waals surface area contributed by atoms with Crippen LogP contribution in [0.5, 0.6) is 34.5 Å². The first-order valence-corrected chi connectivity index (χ1v) is 31.0. The first-order valence-electron chi connectivity index (χ1n) is 31.0. The standard InChI is InChI=1S/C36H44N2O6.C25H34N2O.C11H12O6/c1-42-31-23-29(24-32(43-2)34(31)44-3)33(39)36(41)38-22-12-19-28(25-38)35(40)37-30(20-10-17-26-13-6-4-7-14-26)21-11-18-27-15-8-5-9-16-27;28-25(23-16-9-19-26-20-23)27-24(17-7-14-21-10-3-1-4-11-21)18-8-15-22-12-5-2-6-13-22;1-15-7-4-6(9(12)11(13)14)5-8(16-2)10(7)17-3/h4-9,13-16,23-24,28,30H,10-12,17-22,25H2,1-3H3,(H,37,40);1-6,10-13,23-24,26H,7-9,14-20H2,(H,27,28);4-5H,1-3H3,(H,13,14). The van der Waals surface area contributed by atoms with Gasteiger partial charge in [0.25, 0.3) is 17.5 Å². The molecular formula is C72H90N4O13. The lowest BCUT2D eigenvalue weighted by Crippen LogP contribution is -2.49. The molecule has 2 aliphatic heterocycles. The van der Waals surface area contributed by atoms with E-state index in [0.717, 1.165) is 103 Å². The first-order chi connectivity index (χ1) is 43.3. The fraction of sp³-hybridized carbons (Fsp3) is 0.417. The van der Waals surface area contributed by atoms with Crippen molar-refractivity contribution in [1.29, 1.82) is 0 Å². The molecule has 2 fully saturated rings. The van der Waals surface area contributed by atoms with Gasteiger partial charge in [0.2, 0.25) is 23.3 Å². The number of carbonyl (C=O) groups is 6. The highest BCUT2D eigenvalue weighted by atomic mass is 16.5. The molecule has 0 radical (unpaired) electrons. The number of nitrogens with zero attached hydrogens (tertiary/aromatic N) is 1. The van der Waals surface area contributed by atoms with Crippen molar-refractivity contribution in [3.05, 3.63) is 179 Å². The van der Waals surface area contributed by atoms with E-state index in [4.69, 9.17) is 33.5 Å². The van der Waals surface area contributed by atoms with Crippen LogP contribution >= 0.6 is 0 Å². The zero-order valence-electron chi connectivity index (χ0n) is 52.6. The maximum absolute atomic E-state index is 13.5. The molecule has 0 spiro atoms. The molecule has 89 heavy (non-hydrogen) atoms. The number of nitrogens with one attached hydrogen (secondary N) is 3. The second kappa shape index (κ2) is 37.9. The minimum Gasteiger partial charge on any atom is -0.493 e. The molecule has 2 unspecified atom stereocenters. The monoisotopic (exact) mass is 1220 g/mol. The Labute approximate surface area is 525 Å². The van der Waals surface area contributed by atoms with E-state index in [-0.39, 0.29) is 64.9 Å². The van der Waals surface area contributed by atoms with Gasteiger partial charge in [-0.1, -0.05) is 121 Å². The number of methoxy groups -OCH3 is 6. The van der Waals surface area contributed by atoms with E-state index in [0.29, 0.717) is 42.4 Å². The van der Waals surface area contributed by atoms with Crippen molar-refractivity contribution in [3.8, 4) is 34.5 Å². The summed E-state index contributed by atoms with van der Waals surface area (Å²) in [6.07, 6.45) is 15.6. The molecular weight excluding hydrogens is 1130 g/mol. The maximum Gasteiger partial charge on any atom is 0.377 e. The molecule has 0 aliphatic carbocycles. The summed E-state index contributed by atoms with van der Waals surface area (Å²) in [6, 6.07) is 47.9. The Kier molecular flexibility index (Phi) is 29.5. The van der Waals surface area contributed by atoms with Crippen LogP contribution in [0.15, 0.2) is 146 Å². The van der Waals surface area contributed by atoms with Crippen molar-refractivity contribution in [2.45, 2.75) is 115 Å². The average molecular weight is 1220 g/mol. The fourth-order valence-corrected chi connectivity index (χ4v) is 11.3. The summed E-state index contributed by atoms with van der Waals surface area (Å²) in [7, 11) is 8.57. The molecule has 0 bridgehead atoms. The molecule has 2 atom stereocenters. The summed E-state index contributed by atoms with van der Waals surface area (Å²) in [5.74, 6) is -2.23. The van der Waals surface area contributed by atoms with Gasteiger partial charge in [-0.25, -0.2) is 4.79 Å². The van der Waals surface area contributed by atoms with E-state index >= 15 is 0 Å². The molecule has 3 amide bonds. The van der Waals surface area contributed by atoms with Crippen molar-refractivity contribution in [2.24, 2.45) is 11.8 Å². The minimum absolute atomic E-state index is 0.0352. The Balaban J connectivity index is 0.000000238. The third-order valence-corrected chi connectivity index (χ3v) is 16.1. The van der Waals surface area contributed by atoms with Crippen LogP contribution in [0.25, 0.3) is 0 Å². The number of likely N-dealkylation sites (tertiary alicyclic amines) is 1. The van der Waals surface area contributed by atoms with Gasteiger partial charge >= 0.3 is 5.97 Å². The summed E-state index contributed by atoms with van der Waals surface area (Å²) >= 11 is 0. The highest BCUT2D eigenvalue weighted by Gasteiger charge is 2.34. The third kappa shape index (κ3) is 22.4. The van der Waals surface area contributed by atoms with E-state index < -0.39 is 23.4 Å². The number of carbonyl (C=O) groups excluding carboxylic acids is 5. The number of carboxylic acid groups (broad SMARTS) is 1. The van der Waals surface area contributed by atoms with Gasteiger partial charge in [-0.15, -0.1) is 0 Å². The number of benzene rings is 6. The summed E-state index contributed by atoms with van der Waals surface area (Å²) in [5.41, 5.74) is 5.46. The molecule has 0 saturated carbocycles. The van der Waals surface area contributed by atoms with Gasteiger partial charge in [0, 0.05) is 42.8 Å². The number of aliphatic carboxylic acids is 1. The Hall–Kier alpha value is -8.70. The second-order valence-corrected chi connectivity index (χ2v) is 22.3. The van der Waals surface area contributed by atoms with E-state index in [2.05, 4.69) is 125 Å². The summed E-state index contributed by atoms with van der Waals surface area (Å²) < 4.78 is 31.1. The van der Waals surface area contributed by atoms with Crippen molar-refractivity contribution >= 4 is 35.3 Å². The molecule has 476 valence electrons. The van der Waals surface area contributed by atoms with E-state index in [1.54, 1.807) is 0 Å². The molecule has 4 N–H and O–H groups in total. The Morgan fingerprint density at radius 2 is 0.831 bits per heavy atom. The number of ketones is 2. The number of carboxylic acids is 1. The summed E-state index contributed by atoms with van der Waals surface area (Å²) in [5, 5.41) is 18.7. The van der Waals surface area contributed by atoms with Gasteiger partial charge in [0.15, 0.2) is 23.0 Å². The predicted octanol–water partition coefficient (Wildman–Crippen LogP) is 11.2. The molecule has 2 saturated heterocycles. The predicted molar refractivity (Wildman–Crippen MR) is 345 cm³/mol. The molecule has 17 nitrogen and oxygen atoms in total. The Morgan fingerprint density at radius 1 is 0.483 bits per heavy atom. The van der Waals surface area contributed by atoms with Crippen LogP contribution in [0.3, 0.4) is 0 Å². The van der Waals surface area contributed by atoms with Crippen molar-refractivity contribution in [2.75, 3.05) is 68.8 Å². The zero-order valence-corrected chi connectivity index (χ0v) is 52.6. The van der Waals surface area contributed by atoms with Gasteiger partial charge in [-0.3, -0.25) is 24.0 Å². The molecule has 6 aromatic carbocycles. The second-order valence-electron chi connectivity index (χ2n) is 22.3. The minimum atomic E-state index is -1.54. The van der Waals surface area contributed by atoms with Crippen LogP contribution in [-0.2, 0) is 44.9 Å². The topological polar surface area (TPSA) is 217 Å². The number of Topliss-reactive ketones (excluding diaryl/α,β-unsaturated/α-hetero) is 2. The molecule has 2 heterocycles. The number of aryl methyl sites for hydroxylation is 4. The fourth-order valence-electron chi connectivity index (χ4n) is 11.3. The highest BCUT2D eigenvalue weighted by molar-refractivity contribution is 6.43. The van der Waals surface area contributed by atoms with E-state index in [1.807, 2.05) is 12.1 Å². The highest BCUT2D eigenvalue weighted by Crippen LogP contribution is 2.40. The van der Waals surface area contributed by atoms with Crippen LogP contribution in [-0.4, -0.2) is 126 Å². The van der Waals surface area contributed by atoms with Crippen LogP contribution in [0.1, 0.15) is 120 Å². The van der Waals surface area contributed by atoms with Gasteiger partial charge < -0.3 is 54.4 Å². The number of amides is 3. The number of hydrogen-bond acceptors (Lipinski definition) is 13. The largest absolute Gasteiger partial charge is 0.493 e. The van der Waals surface area contributed by atoms with Crippen molar-refractivity contribution < 1.29 is 62.3 Å². The van der Waals surface area contributed by atoms with Crippen molar-refractivity contribution in [3.63, 3.8) is 0 Å². The molecule has 17 heteroatoms. The maximum atomic E-state index is 13.5. The Morgan fingerprint density at radius 3 is 1.16 bits per heavy atom. The lowest BCUT2D eigenvalue weighted by Gasteiger charge is -2.32. The smallest absolute Gasteiger partial charge is 0.377 e. The normalized spacial score (nSPS) is 14.4. The van der Waals surface area contributed by atoms with Gasteiger partial charge in [-0.2, -0.15) is 0 Å². The summed E-state index contributed by atoms with van der Waals surface area (Å²) in [6.45, 7) is 2.51. The number of rotatable bonds is 30. The van der Waals surface area contributed by atoms with E-state index in [9.17, 15) is 28.8 Å². The van der Waals surface area contributed by atoms with E-state index in [1.165, 1.54) is 94.1 Å². The molecule has 0 aromatic heterocycles.